The molecule has 0 N–H and O–H groups in total. The van der Waals surface area contributed by atoms with Crippen molar-refractivity contribution in [1.82, 2.24) is 9.55 Å². The normalized spacial score (nSPS) is 11.9. The van der Waals surface area contributed by atoms with Crippen LogP contribution in [-0.4, -0.2) is 21.1 Å². The van der Waals surface area contributed by atoms with E-state index in [1.807, 2.05) is 62.4 Å². The molecular formula is C31H24N2O2S. The van der Waals surface area contributed by atoms with Gasteiger partial charge in [0.2, 0.25) is 0 Å². The van der Waals surface area contributed by atoms with E-state index in [2.05, 4.69) is 30.3 Å². The fraction of sp³-hybridized carbons (Fsp3) is 0.129. The summed E-state index contributed by atoms with van der Waals surface area (Å²) in [5.74, 6) is 0.206. The van der Waals surface area contributed by atoms with Crippen LogP contribution in [0.4, 0.5) is 0 Å². The minimum atomic E-state index is -0.130. The van der Waals surface area contributed by atoms with Gasteiger partial charge in [0.1, 0.15) is 0 Å². The predicted molar refractivity (Wildman–Crippen MR) is 147 cm³/mol. The smallest absolute Gasteiger partial charge is 0.266 e. The zero-order valence-electron chi connectivity index (χ0n) is 20.1. The van der Waals surface area contributed by atoms with Gasteiger partial charge in [0.05, 0.1) is 22.3 Å². The van der Waals surface area contributed by atoms with Crippen LogP contribution in [-0.2, 0) is 6.42 Å². The van der Waals surface area contributed by atoms with Gasteiger partial charge in [-0.15, -0.1) is 0 Å². The summed E-state index contributed by atoms with van der Waals surface area (Å²) in [5, 5.41) is 1.08. The number of thioether (sulfide) groups is 1. The van der Waals surface area contributed by atoms with Gasteiger partial charge in [0.25, 0.3) is 5.56 Å². The Morgan fingerprint density at radius 2 is 1.58 bits per heavy atom. The van der Waals surface area contributed by atoms with E-state index in [9.17, 15) is 9.59 Å². The van der Waals surface area contributed by atoms with Gasteiger partial charge in [-0.25, -0.2) is 4.98 Å². The average molecular weight is 489 g/mol. The highest BCUT2D eigenvalue weighted by Crippen LogP contribution is 2.37. The van der Waals surface area contributed by atoms with Crippen molar-refractivity contribution in [2.24, 2.45) is 0 Å². The minimum absolute atomic E-state index is 0.0153. The topological polar surface area (TPSA) is 52.0 Å². The quantitative estimate of drug-likeness (QED) is 0.157. The van der Waals surface area contributed by atoms with Crippen LogP contribution < -0.4 is 5.56 Å². The summed E-state index contributed by atoms with van der Waals surface area (Å²) < 4.78 is 1.64. The molecule has 0 spiro atoms. The molecule has 0 saturated carbocycles. The van der Waals surface area contributed by atoms with Crippen molar-refractivity contribution in [3.8, 4) is 16.8 Å². The van der Waals surface area contributed by atoms with E-state index < -0.39 is 0 Å². The van der Waals surface area contributed by atoms with Crippen molar-refractivity contribution in [3.63, 3.8) is 0 Å². The summed E-state index contributed by atoms with van der Waals surface area (Å²) in [6.07, 6.45) is 0.901. The Hall–Kier alpha value is -3.96. The third-order valence-corrected chi connectivity index (χ3v) is 7.60. The Labute approximate surface area is 213 Å². The third-order valence-electron chi connectivity index (χ3n) is 6.66. The molecule has 4 aromatic carbocycles. The van der Waals surface area contributed by atoms with E-state index in [-0.39, 0.29) is 17.1 Å². The molecule has 1 aliphatic rings. The van der Waals surface area contributed by atoms with Crippen molar-refractivity contribution in [3.05, 3.63) is 123 Å². The van der Waals surface area contributed by atoms with Gasteiger partial charge < -0.3 is 0 Å². The molecule has 1 aliphatic carbocycles. The van der Waals surface area contributed by atoms with Crippen LogP contribution >= 0.6 is 11.8 Å². The molecule has 36 heavy (non-hydrogen) atoms. The number of benzene rings is 4. The summed E-state index contributed by atoms with van der Waals surface area (Å²) >= 11 is 1.31. The summed E-state index contributed by atoms with van der Waals surface area (Å²) in [6.45, 7) is 4.02. The van der Waals surface area contributed by atoms with E-state index in [0.717, 1.165) is 28.8 Å². The molecule has 1 aromatic heterocycles. The highest BCUT2D eigenvalue weighted by molar-refractivity contribution is 7.99. The van der Waals surface area contributed by atoms with Gasteiger partial charge >= 0.3 is 0 Å². The Bertz CT molecular complexity index is 1720. The molecule has 1 heterocycles. The van der Waals surface area contributed by atoms with E-state index in [4.69, 9.17) is 4.98 Å². The zero-order valence-corrected chi connectivity index (χ0v) is 20.9. The Kier molecular flexibility index (Phi) is 5.57. The molecule has 176 valence electrons. The van der Waals surface area contributed by atoms with Gasteiger partial charge in [-0.2, -0.15) is 0 Å². The molecule has 4 nitrogen and oxygen atoms in total. The largest absolute Gasteiger partial charge is 0.293 e. The summed E-state index contributed by atoms with van der Waals surface area (Å²) in [7, 11) is 0. The lowest BCUT2D eigenvalue weighted by Crippen LogP contribution is -2.22. The van der Waals surface area contributed by atoms with Gasteiger partial charge in [0, 0.05) is 5.56 Å². The van der Waals surface area contributed by atoms with Crippen molar-refractivity contribution >= 4 is 28.4 Å². The number of carbonyl (C=O) groups excluding carboxylic acids is 1. The number of ketones is 1. The fourth-order valence-electron chi connectivity index (χ4n) is 5.03. The van der Waals surface area contributed by atoms with E-state index in [1.165, 1.54) is 28.5 Å². The molecule has 0 amide bonds. The number of fused-ring (bicyclic) bond motifs is 4. The maximum atomic E-state index is 13.6. The molecule has 0 atom stereocenters. The number of nitrogens with zero attached hydrogens (tertiary/aromatic N) is 2. The van der Waals surface area contributed by atoms with Gasteiger partial charge in [-0.05, 0) is 84.0 Å². The molecule has 6 rings (SSSR count). The van der Waals surface area contributed by atoms with Crippen LogP contribution in [0.3, 0.4) is 0 Å². The maximum absolute atomic E-state index is 13.6. The van der Waals surface area contributed by atoms with E-state index in [1.54, 1.807) is 10.6 Å². The molecule has 0 unspecified atom stereocenters. The highest BCUT2D eigenvalue weighted by Gasteiger charge is 2.20. The lowest BCUT2D eigenvalue weighted by molar-refractivity contribution is 0.102. The summed E-state index contributed by atoms with van der Waals surface area (Å²) in [5.41, 5.74) is 8.96. The molecule has 5 aromatic rings. The van der Waals surface area contributed by atoms with Gasteiger partial charge in [0.15, 0.2) is 10.9 Å². The lowest BCUT2D eigenvalue weighted by Gasteiger charge is -2.14. The highest BCUT2D eigenvalue weighted by atomic mass is 32.2. The van der Waals surface area contributed by atoms with Crippen LogP contribution in [0.25, 0.3) is 27.7 Å². The van der Waals surface area contributed by atoms with Crippen LogP contribution in [0.1, 0.15) is 32.6 Å². The summed E-state index contributed by atoms with van der Waals surface area (Å²) in [4.78, 5) is 31.7. The van der Waals surface area contributed by atoms with Crippen molar-refractivity contribution in [2.75, 3.05) is 5.75 Å². The van der Waals surface area contributed by atoms with Crippen LogP contribution in [0.2, 0.25) is 0 Å². The van der Waals surface area contributed by atoms with Crippen LogP contribution in [0.15, 0.2) is 94.9 Å². The van der Waals surface area contributed by atoms with Crippen molar-refractivity contribution in [1.29, 1.82) is 0 Å². The van der Waals surface area contributed by atoms with Crippen LogP contribution in [0, 0.1) is 13.8 Å². The third kappa shape index (κ3) is 3.95. The minimum Gasteiger partial charge on any atom is -0.293 e. The molecule has 0 fully saturated rings. The summed E-state index contributed by atoms with van der Waals surface area (Å²) in [6, 6.07) is 27.7. The second-order valence-corrected chi connectivity index (χ2v) is 10.3. The van der Waals surface area contributed by atoms with E-state index >= 15 is 0 Å². The first kappa shape index (κ1) is 22.5. The van der Waals surface area contributed by atoms with E-state index in [0.29, 0.717) is 21.6 Å². The molecule has 0 radical (unpaired) electrons. The average Bonchev–Trinajstić information content (AvgIpc) is 3.24. The molecule has 0 saturated heterocycles. The zero-order chi connectivity index (χ0) is 24.8. The number of hydrogen-bond donors (Lipinski definition) is 0. The molecular weight excluding hydrogens is 464 g/mol. The van der Waals surface area contributed by atoms with Crippen molar-refractivity contribution < 1.29 is 4.79 Å². The Balaban J connectivity index is 1.36. The second kappa shape index (κ2) is 8.92. The second-order valence-electron chi connectivity index (χ2n) is 9.32. The van der Waals surface area contributed by atoms with Crippen LogP contribution in [0.5, 0.6) is 0 Å². The molecule has 5 heteroatoms. The molecule has 0 bridgehead atoms. The number of carbonyl (C=O) groups is 1. The number of hydrogen-bond acceptors (Lipinski definition) is 4. The SMILES string of the molecule is Cc1cc(C)cc(-n2c(SCC(=O)c3ccc4c(c3)-c3ccccc3C4)nc3ccccc3c2=O)c1. The first-order chi connectivity index (χ1) is 17.5. The Morgan fingerprint density at radius 1 is 0.861 bits per heavy atom. The Morgan fingerprint density at radius 3 is 2.42 bits per heavy atom. The fourth-order valence-corrected chi connectivity index (χ4v) is 5.93. The predicted octanol–water partition coefficient (Wildman–Crippen LogP) is 6.55. The number of aromatic nitrogens is 2. The van der Waals surface area contributed by atoms with Gasteiger partial charge in [-0.3, -0.25) is 14.2 Å². The number of Topliss-reactive ketones (excluding diaryl/α,β-unsaturated/α-hetero) is 1. The standard InChI is InChI=1S/C31H24N2O2S/c1-19-13-20(2)15-24(14-19)33-30(35)26-9-5-6-10-28(26)32-31(33)36-18-29(34)23-12-11-22-16-21-7-3-4-8-25(21)27(22)17-23/h3-15,17H,16,18H2,1-2H3. The maximum Gasteiger partial charge on any atom is 0.266 e. The first-order valence-electron chi connectivity index (χ1n) is 12.0. The van der Waals surface area contributed by atoms with Gasteiger partial charge in [-0.1, -0.05) is 66.4 Å². The first-order valence-corrected chi connectivity index (χ1v) is 12.9. The monoisotopic (exact) mass is 488 g/mol. The number of rotatable bonds is 5. The lowest BCUT2D eigenvalue weighted by atomic mass is 10.0. The number of aryl methyl sites for hydroxylation is 2. The van der Waals surface area contributed by atoms with Crippen molar-refractivity contribution in [2.45, 2.75) is 25.4 Å². The number of para-hydroxylation sites is 1. The molecule has 0 aliphatic heterocycles.